The Kier molecular flexibility index (Phi) is 8.24. The van der Waals surface area contributed by atoms with Crippen LogP contribution in [0.25, 0.3) is 0 Å². The van der Waals surface area contributed by atoms with Crippen molar-refractivity contribution in [3.05, 3.63) is 0 Å². The lowest BCUT2D eigenvalue weighted by molar-refractivity contribution is -0.142. The van der Waals surface area contributed by atoms with Crippen molar-refractivity contribution in [3.63, 3.8) is 0 Å². The first kappa shape index (κ1) is 12.8. The van der Waals surface area contributed by atoms with Crippen molar-refractivity contribution in [2.75, 3.05) is 24.7 Å². The first-order valence-electron chi connectivity index (χ1n) is 4.55. The number of esters is 1. The summed E-state index contributed by atoms with van der Waals surface area (Å²) in [6.45, 7) is 4.46. The summed E-state index contributed by atoms with van der Waals surface area (Å²) < 4.78 is 4.77. The summed E-state index contributed by atoms with van der Waals surface area (Å²) in [6, 6.07) is 0. The molecule has 0 amide bonds. The van der Waals surface area contributed by atoms with Crippen LogP contribution in [-0.2, 0) is 9.53 Å². The van der Waals surface area contributed by atoms with Crippen molar-refractivity contribution in [1.82, 2.24) is 0 Å². The Bertz CT molecular complexity index is 139. The van der Waals surface area contributed by atoms with Gasteiger partial charge in [0.15, 0.2) is 0 Å². The minimum absolute atomic E-state index is 0.133. The summed E-state index contributed by atoms with van der Waals surface area (Å²) >= 11 is 1.68. The van der Waals surface area contributed by atoms with Crippen LogP contribution in [-0.4, -0.2) is 35.8 Å². The van der Waals surface area contributed by atoms with Crippen molar-refractivity contribution >= 4 is 17.7 Å². The van der Waals surface area contributed by atoms with E-state index in [0.717, 1.165) is 11.5 Å². The Hall–Kier alpha value is -0.220. The fourth-order valence-corrected chi connectivity index (χ4v) is 1.71. The first-order valence-corrected chi connectivity index (χ1v) is 5.70. The van der Waals surface area contributed by atoms with Gasteiger partial charge in [0.1, 0.15) is 0 Å². The quantitative estimate of drug-likeness (QED) is 0.504. The molecule has 0 rings (SSSR count). The predicted molar refractivity (Wildman–Crippen MR) is 54.8 cm³/mol. The molecule has 1 unspecified atom stereocenters. The lowest BCUT2D eigenvalue weighted by Crippen LogP contribution is -2.07. The molecule has 0 aliphatic carbocycles. The number of carbonyl (C=O) groups is 1. The molecular formula is C9H18O3S. The van der Waals surface area contributed by atoms with Gasteiger partial charge in [0.2, 0.25) is 0 Å². The molecule has 1 atom stereocenters. The standard InChI is InChI=1S/C9H18O3S/c1-3-12-9(11)4-5-13-7-8(2)6-10/h8,10H,3-7H2,1-2H3. The van der Waals surface area contributed by atoms with Gasteiger partial charge in [-0.1, -0.05) is 6.92 Å². The van der Waals surface area contributed by atoms with Gasteiger partial charge in [0.25, 0.3) is 0 Å². The van der Waals surface area contributed by atoms with E-state index in [-0.39, 0.29) is 12.6 Å². The molecule has 0 saturated heterocycles. The van der Waals surface area contributed by atoms with E-state index in [9.17, 15) is 4.79 Å². The number of ether oxygens (including phenoxy) is 1. The van der Waals surface area contributed by atoms with Gasteiger partial charge >= 0.3 is 5.97 Å². The molecular weight excluding hydrogens is 188 g/mol. The highest BCUT2D eigenvalue weighted by Gasteiger charge is 2.03. The third-order valence-corrected chi connectivity index (χ3v) is 2.77. The molecule has 0 bridgehead atoms. The van der Waals surface area contributed by atoms with Gasteiger partial charge in [-0.15, -0.1) is 0 Å². The lowest BCUT2D eigenvalue weighted by atomic mass is 10.2. The number of thioether (sulfide) groups is 1. The van der Waals surface area contributed by atoms with Gasteiger partial charge in [-0.3, -0.25) is 4.79 Å². The number of hydrogen-bond acceptors (Lipinski definition) is 4. The maximum Gasteiger partial charge on any atom is 0.306 e. The van der Waals surface area contributed by atoms with Crippen LogP contribution in [0.15, 0.2) is 0 Å². The molecule has 4 heteroatoms. The summed E-state index contributed by atoms with van der Waals surface area (Å²) in [4.78, 5) is 10.9. The molecule has 0 aromatic carbocycles. The van der Waals surface area contributed by atoms with E-state index in [2.05, 4.69) is 0 Å². The van der Waals surface area contributed by atoms with Gasteiger partial charge in [-0.25, -0.2) is 0 Å². The highest BCUT2D eigenvalue weighted by Crippen LogP contribution is 2.09. The van der Waals surface area contributed by atoms with Crippen molar-refractivity contribution in [1.29, 1.82) is 0 Å². The van der Waals surface area contributed by atoms with Gasteiger partial charge in [0.05, 0.1) is 13.0 Å². The Balaban J connectivity index is 3.20. The summed E-state index contributed by atoms with van der Waals surface area (Å²) in [5, 5.41) is 8.72. The van der Waals surface area contributed by atoms with E-state index in [1.807, 2.05) is 6.92 Å². The van der Waals surface area contributed by atoms with Crippen LogP contribution in [0, 0.1) is 5.92 Å². The van der Waals surface area contributed by atoms with Gasteiger partial charge in [0, 0.05) is 12.4 Å². The van der Waals surface area contributed by atoms with E-state index in [1.165, 1.54) is 0 Å². The molecule has 0 aromatic heterocycles. The second-order valence-corrected chi connectivity index (χ2v) is 4.07. The van der Waals surface area contributed by atoms with E-state index < -0.39 is 0 Å². The highest BCUT2D eigenvalue weighted by molar-refractivity contribution is 7.99. The zero-order valence-corrected chi connectivity index (χ0v) is 9.10. The predicted octanol–water partition coefficient (Wildman–Crippen LogP) is 1.30. The average Bonchev–Trinajstić information content (AvgIpc) is 2.12. The lowest BCUT2D eigenvalue weighted by Gasteiger charge is -2.06. The normalized spacial score (nSPS) is 12.5. The van der Waals surface area contributed by atoms with Gasteiger partial charge < -0.3 is 9.84 Å². The zero-order valence-electron chi connectivity index (χ0n) is 8.28. The molecule has 78 valence electrons. The van der Waals surface area contributed by atoms with Gasteiger partial charge in [-0.05, 0) is 18.6 Å². The Morgan fingerprint density at radius 2 is 2.31 bits per heavy atom. The van der Waals surface area contributed by atoms with Crippen molar-refractivity contribution in [2.24, 2.45) is 5.92 Å². The number of rotatable bonds is 7. The van der Waals surface area contributed by atoms with Crippen LogP contribution in [0.5, 0.6) is 0 Å². The molecule has 0 aromatic rings. The number of aliphatic hydroxyl groups is 1. The summed E-state index contributed by atoms with van der Waals surface area (Å²) in [5.41, 5.74) is 0. The SMILES string of the molecule is CCOC(=O)CCSCC(C)CO. The van der Waals surface area contributed by atoms with Crippen molar-refractivity contribution < 1.29 is 14.6 Å². The third-order valence-electron chi connectivity index (χ3n) is 1.47. The molecule has 1 N–H and O–H groups in total. The summed E-state index contributed by atoms with van der Waals surface area (Å²) in [7, 11) is 0. The summed E-state index contributed by atoms with van der Waals surface area (Å²) in [6.07, 6.45) is 0.469. The fourth-order valence-electron chi connectivity index (χ4n) is 0.726. The Labute approximate surface area is 83.9 Å². The van der Waals surface area contributed by atoms with Crippen LogP contribution in [0.4, 0.5) is 0 Å². The number of aliphatic hydroxyl groups excluding tert-OH is 1. The van der Waals surface area contributed by atoms with Crippen LogP contribution < -0.4 is 0 Å². The summed E-state index contributed by atoms with van der Waals surface area (Å²) in [5.74, 6) is 1.86. The first-order chi connectivity index (χ1) is 6.20. The topological polar surface area (TPSA) is 46.5 Å². The third kappa shape index (κ3) is 8.12. The van der Waals surface area contributed by atoms with E-state index in [0.29, 0.717) is 18.9 Å². The van der Waals surface area contributed by atoms with E-state index in [1.54, 1.807) is 18.7 Å². The maximum absolute atomic E-state index is 10.9. The molecule has 0 spiro atoms. The van der Waals surface area contributed by atoms with Crippen LogP contribution in [0.1, 0.15) is 20.3 Å². The number of hydrogen-bond donors (Lipinski definition) is 1. The van der Waals surface area contributed by atoms with Crippen molar-refractivity contribution in [3.8, 4) is 0 Å². The average molecular weight is 206 g/mol. The number of carbonyl (C=O) groups excluding carboxylic acids is 1. The minimum atomic E-state index is -0.133. The zero-order chi connectivity index (χ0) is 10.1. The monoisotopic (exact) mass is 206 g/mol. The van der Waals surface area contributed by atoms with Crippen LogP contribution in [0.3, 0.4) is 0 Å². The molecule has 0 heterocycles. The molecule has 0 saturated carbocycles. The highest BCUT2D eigenvalue weighted by atomic mass is 32.2. The van der Waals surface area contributed by atoms with E-state index in [4.69, 9.17) is 9.84 Å². The molecule has 13 heavy (non-hydrogen) atoms. The fraction of sp³-hybridized carbons (Fsp3) is 0.889. The second kappa shape index (κ2) is 8.38. The Morgan fingerprint density at radius 1 is 1.62 bits per heavy atom. The van der Waals surface area contributed by atoms with Crippen LogP contribution >= 0.6 is 11.8 Å². The smallest absolute Gasteiger partial charge is 0.306 e. The molecule has 0 radical (unpaired) electrons. The largest absolute Gasteiger partial charge is 0.466 e. The van der Waals surface area contributed by atoms with Crippen molar-refractivity contribution in [2.45, 2.75) is 20.3 Å². The minimum Gasteiger partial charge on any atom is -0.466 e. The molecule has 3 nitrogen and oxygen atoms in total. The second-order valence-electron chi connectivity index (χ2n) is 2.92. The maximum atomic E-state index is 10.9. The molecule has 0 aliphatic rings. The van der Waals surface area contributed by atoms with Crippen LogP contribution in [0.2, 0.25) is 0 Å². The molecule has 0 fully saturated rings. The van der Waals surface area contributed by atoms with E-state index >= 15 is 0 Å². The Morgan fingerprint density at radius 3 is 2.85 bits per heavy atom. The molecule has 0 aliphatic heterocycles. The van der Waals surface area contributed by atoms with Gasteiger partial charge in [-0.2, -0.15) is 11.8 Å².